The Hall–Kier alpha value is -3.68. The van der Waals surface area contributed by atoms with E-state index in [1.54, 1.807) is 6.20 Å². The SMILES string of the molecule is Cc1ccccc1-c1cc(C(Cc2nccn2C)OCc2ccccc2)ccc1C#N. The van der Waals surface area contributed by atoms with Crippen molar-refractivity contribution in [3.63, 3.8) is 0 Å². The molecule has 0 aliphatic heterocycles. The Balaban J connectivity index is 1.71. The zero-order valence-electron chi connectivity index (χ0n) is 17.8. The first-order valence-corrected chi connectivity index (χ1v) is 10.4. The Labute approximate surface area is 183 Å². The van der Waals surface area contributed by atoms with Gasteiger partial charge in [0.25, 0.3) is 0 Å². The van der Waals surface area contributed by atoms with Gasteiger partial charge < -0.3 is 9.30 Å². The molecule has 0 N–H and O–H groups in total. The van der Waals surface area contributed by atoms with Crippen LogP contribution in [0.2, 0.25) is 0 Å². The van der Waals surface area contributed by atoms with E-state index in [1.807, 2.05) is 60.3 Å². The van der Waals surface area contributed by atoms with Crippen LogP contribution >= 0.6 is 0 Å². The highest BCUT2D eigenvalue weighted by Gasteiger charge is 2.18. The molecule has 0 radical (unpaired) electrons. The topological polar surface area (TPSA) is 50.8 Å². The van der Waals surface area contributed by atoms with Gasteiger partial charge in [0.15, 0.2) is 0 Å². The first kappa shape index (κ1) is 20.6. The quantitative estimate of drug-likeness (QED) is 0.391. The van der Waals surface area contributed by atoms with Crippen LogP contribution in [0.15, 0.2) is 85.2 Å². The van der Waals surface area contributed by atoms with Gasteiger partial charge in [-0.15, -0.1) is 0 Å². The molecule has 4 rings (SSSR count). The molecule has 1 unspecified atom stereocenters. The minimum absolute atomic E-state index is 0.184. The third kappa shape index (κ3) is 4.74. The molecule has 0 amide bonds. The summed E-state index contributed by atoms with van der Waals surface area (Å²) in [6.07, 6.45) is 4.22. The van der Waals surface area contributed by atoms with Gasteiger partial charge in [0.2, 0.25) is 0 Å². The van der Waals surface area contributed by atoms with Crippen LogP contribution in [-0.2, 0) is 24.8 Å². The van der Waals surface area contributed by atoms with Crippen molar-refractivity contribution in [2.45, 2.75) is 26.1 Å². The third-order valence-electron chi connectivity index (χ3n) is 5.55. The summed E-state index contributed by atoms with van der Waals surface area (Å²) >= 11 is 0. The molecular weight excluding hydrogens is 382 g/mol. The second-order valence-corrected chi connectivity index (χ2v) is 7.68. The van der Waals surface area contributed by atoms with Crippen LogP contribution in [0, 0.1) is 18.3 Å². The number of aromatic nitrogens is 2. The maximum atomic E-state index is 9.70. The molecule has 0 aliphatic rings. The number of nitriles is 1. The largest absolute Gasteiger partial charge is 0.368 e. The molecule has 4 heteroatoms. The predicted molar refractivity (Wildman–Crippen MR) is 122 cm³/mol. The normalized spacial score (nSPS) is 11.8. The highest BCUT2D eigenvalue weighted by atomic mass is 16.5. The lowest BCUT2D eigenvalue weighted by atomic mass is 9.92. The first-order chi connectivity index (χ1) is 15.2. The first-order valence-electron chi connectivity index (χ1n) is 10.4. The molecule has 1 heterocycles. The number of rotatable bonds is 7. The third-order valence-corrected chi connectivity index (χ3v) is 5.55. The minimum atomic E-state index is -0.184. The van der Waals surface area contributed by atoms with Crippen molar-refractivity contribution < 1.29 is 4.74 Å². The Kier molecular flexibility index (Phi) is 6.26. The van der Waals surface area contributed by atoms with Gasteiger partial charge in [0.05, 0.1) is 24.3 Å². The molecule has 0 spiro atoms. The summed E-state index contributed by atoms with van der Waals surface area (Å²) in [4.78, 5) is 4.50. The summed E-state index contributed by atoms with van der Waals surface area (Å²) < 4.78 is 8.42. The van der Waals surface area contributed by atoms with Crippen molar-refractivity contribution in [1.29, 1.82) is 5.26 Å². The fraction of sp³-hybridized carbons (Fsp3) is 0.185. The van der Waals surface area contributed by atoms with Gasteiger partial charge >= 0.3 is 0 Å². The standard InChI is InChI=1S/C27H25N3O/c1-20-8-6-7-11-24(20)25-16-22(12-13-23(25)18-28)26(17-27-29-14-15-30(27)2)31-19-21-9-4-3-5-10-21/h3-16,26H,17,19H2,1-2H3. The molecular formula is C27H25N3O. The second-order valence-electron chi connectivity index (χ2n) is 7.68. The Morgan fingerprint density at radius 3 is 2.48 bits per heavy atom. The Bertz CT molecular complexity index is 1200. The smallest absolute Gasteiger partial charge is 0.111 e. The summed E-state index contributed by atoms with van der Waals surface area (Å²) in [7, 11) is 1.99. The molecule has 0 aliphatic carbocycles. The lowest BCUT2D eigenvalue weighted by Gasteiger charge is -2.20. The van der Waals surface area contributed by atoms with Gasteiger partial charge in [-0.3, -0.25) is 0 Å². The summed E-state index contributed by atoms with van der Waals surface area (Å²) in [6.45, 7) is 2.58. The van der Waals surface area contributed by atoms with Crippen LogP contribution in [0.1, 0.15) is 34.2 Å². The van der Waals surface area contributed by atoms with Crippen LogP contribution in [0.5, 0.6) is 0 Å². The number of ether oxygens (including phenoxy) is 1. The van der Waals surface area contributed by atoms with E-state index >= 15 is 0 Å². The summed E-state index contributed by atoms with van der Waals surface area (Å²) in [5.74, 6) is 0.958. The number of hydrogen-bond acceptors (Lipinski definition) is 3. The molecule has 0 saturated carbocycles. The van der Waals surface area contributed by atoms with Gasteiger partial charge in [-0.25, -0.2) is 4.98 Å². The molecule has 154 valence electrons. The number of aryl methyl sites for hydroxylation is 2. The van der Waals surface area contributed by atoms with E-state index in [0.717, 1.165) is 33.6 Å². The molecule has 0 bridgehead atoms. The fourth-order valence-electron chi connectivity index (χ4n) is 3.76. The lowest BCUT2D eigenvalue weighted by Crippen LogP contribution is -2.11. The van der Waals surface area contributed by atoms with Crippen molar-refractivity contribution in [2.75, 3.05) is 0 Å². The highest BCUT2D eigenvalue weighted by molar-refractivity contribution is 5.74. The number of benzene rings is 3. The zero-order valence-corrected chi connectivity index (χ0v) is 17.8. The van der Waals surface area contributed by atoms with Crippen LogP contribution in [0.4, 0.5) is 0 Å². The van der Waals surface area contributed by atoms with Gasteiger partial charge in [-0.05, 0) is 41.3 Å². The lowest BCUT2D eigenvalue weighted by molar-refractivity contribution is 0.0382. The molecule has 0 saturated heterocycles. The molecule has 3 aromatic carbocycles. The van der Waals surface area contributed by atoms with Crippen LogP contribution in [-0.4, -0.2) is 9.55 Å². The maximum absolute atomic E-state index is 9.70. The van der Waals surface area contributed by atoms with Gasteiger partial charge in [-0.2, -0.15) is 5.26 Å². The molecule has 4 nitrogen and oxygen atoms in total. The molecule has 1 atom stereocenters. The highest BCUT2D eigenvalue weighted by Crippen LogP contribution is 2.32. The van der Waals surface area contributed by atoms with E-state index in [9.17, 15) is 5.26 Å². The van der Waals surface area contributed by atoms with E-state index in [2.05, 4.69) is 48.3 Å². The molecule has 31 heavy (non-hydrogen) atoms. The van der Waals surface area contributed by atoms with Crippen LogP contribution in [0.25, 0.3) is 11.1 Å². The van der Waals surface area contributed by atoms with Crippen molar-refractivity contribution in [3.05, 3.63) is 113 Å². The average Bonchev–Trinajstić information content (AvgIpc) is 3.21. The molecule has 1 aromatic heterocycles. The molecule has 0 fully saturated rings. The summed E-state index contributed by atoms with van der Waals surface area (Å²) in [5, 5.41) is 9.70. The van der Waals surface area contributed by atoms with E-state index in [-0.39, 0.29) is 6.10 Å². The Morgan fingerprint density at radius 1 is 1.00 bits per heavy atom. The van der Waals surface area contributed by atoms with Crippen molar-refractivity contribution >= 4 is 0 Å². The zero-order chi connectivity index (χ0) is 21.6. The van der Waals surface area contributed by atoms with Crippen molar-refractivity contribution in [1.82, 2.24) is 9.55 Å². The van der Waals surface area contributed by atoms with E-state index in [4.69, 9.17) is 4.74 Å². The van der Waals surface area contributed by atoms with Gasteiger partial charge in [-0.1, -0.05) is 60.7 Å². The number of hydrogen-bond donors (Lipinski definition) is 0. The summed E-state index contributed by atoms with van der Waals surface area (Å²) in [5.41, 5.74) is 5.97. The predicted octanol–water partition coefficient (Wildman–Crippen LogP) is 5.77. The average molecular weight is 408 g/mol. The van der Waals surface area contributed by atoms with Crippen LogP contribution < -0.4 is 0 Å². The maximum Gasteiger partial charge on any atom is 0.111 e. The number of imidazole rings is 1. The van der Waals surface area contributed by atoms with Crippen LogP contribution in [0.3, 0.4) is 0 Å². The van der Waals surface area contributed by atoms with Gasteiger partial charge in [0, 0.05) is 31.4 Å². The summed E-state index contributed by atoms with van der Waals surface area (Å²) in [6, 6.07) is 26.7. The monoisotopic (exact) mass is 407 g/mol. The van der Waals surface area contributed by atoms with Gasteiger partial charge in [0.1, 0.15) is 5.82 Å². The van der Waals surface area contributed by atoms with E-state index in [0.29, 0.717) is 18.6 Å². The minimum Gasteiger partial charge on any atom is -0.368 e. The molecule has 4 aromatic rings. The van der Waals surface area contributed by atoms with E-state index < -0.39 is 0 Å². The Morgan fingerprint density at radius 2 is 1.77 bits per heavy atom. The number of nitrogens with zero attached hydrogens (tertiary/aromatic N) is 3. The fourth-order valence-corrected chi connectivity index (χ4v) is 3.76. The van der Waals surface area contributed by atoms with E-state index in [1.165, 1.54) is 0 Å². The van der Waals surface area contributed by atoms with Crippen molar-refractivity contribution in [2.24, 2.45) is 7.05 Å². The second kappa shape index (κ2) is 9.42. The van der Waals surface area contributed by atoms with Crippen molar-refractivity contribution in [3.8, 4) is 17.2 Å².